The first-order chi connectivity index (χ1) is 7.15. The van der Waals surface area contributed by atoms with Gasteiger partial charge in [-0.25, -0.2) is 0 Å². The Labute approximate surface area is 89.7 Å². The number of aliphatic hydroxyl groups excluding tert-OH is 1. The van der Waals surface area contributed by atoms with Crippen LogP contribution in [0, 0.1) is 5.92 Å². The molecule has 0 amide bonds. The van der Waals surface area contributed by atoms with E-state index in [1.807, 2.05) is 13.0 Å². The molecular formula is C12H16O3. The Bertz CT molecular complexity index is 308. The molecule has 1 aromatic rings. The molecule has 0 bridgehead atoms. The fourth-order valence-electron chi connectivity index (χ4n) is 1.21. The van der Waals surface area contributed by atoms with E-state index in [1.165, 1.54) is 0 Å². The van der Waals surface area contributed by atoms with Crippen LogP contribution in [-0.2, 0) is 4.79 Å². The van der Waals surface area contributed by atoms with E-state index in [0.717, 1.165) is 0 Å². The number of rotatable bonds is 4. The molecule has 1 aromatic carbocycles. The van der Waals surface area contributed by atoms with Gasteiger partial charge in [0.2, 0.25) is 0 Å². The summed E-state index contributed by atoms with van der Waals surface area (Å²) in [6.45, 7) is 3.50. The lowest BCUT2D eigenvalue weighted by molar-refractivity contribution is -0.142. The van der Waals surface area contributed by atoms with Crippen LogP contribution in [0.3, 0.4) is 0 Å². The van der Waals surface area contributed by atoms with Crippen LogP contribution in [0.15, 0.2) is 30.3 Å². The zero-order valence-corrected chi connectivity index (χ0v) is 9.01. The van der Waals surface area contributed by atoms with E-state index in [4.69, 9.17) is 4.74 Å². The van der Waals surface area contributed by atoms with E-state index in [2.05, 4.69) is 0 Å². The molecule has 0 radical (unpaired) electrons. The summed E-state index contributed by atoms with van der Waals surface area (Å²) in [4.78, 5) is 11.5. The molecule has 3 heteroatoms. The van der Waals surface area contributed by atoms with E-state index in [1.54, 1.807) is 31.2 Å². The summed E-state index contributed by atoms with van der Waals surface area (Å²) >= 11 is 0. The zero-order chi connectivity index (χ0) is 11.3. The Balaban J connectivity index is 2.56. The Morgan fingerprint density at radius 1 is 1.40 bits per heavy atom. The van der Waals surface area contributed by atoms with Crippen molar-refractivity contribution < 1.29 is 14.6 Å². The minimum Gasteiger partial charge on any atom is -0.426 e. The van der Waals surface area contributed by atoms with Crippen molar-refractivity contribution in [3.63, 3.8) is 0 Å². The van der Waals surface area contributed by atoms with Gasteiger partial charge >= 0.3 is 5.97 Å². The van der Waals surface area contributed by atoms with Crippen LogP contribution >= 0.6 is 0 Å². The number of para-hydroxylation sites is 1. The lowest BCUT2D eigenvalue weighted by Crippen LogP contribution is -2.28. The summed E-state index contributed by atoms with van der Waals surface area (Å²) in [6, 6.07) is 8.86. The SMILES string of the molecule is CC[C@H](O)[C@@H](C)C(=O)Oc1ccccc1. The van der Waals surface area contributed by atoms with E-state index >= 15 is 0 Å². The highest BCUT2D eigenvalue weighted by atomic mass is 16.5. The summed E-state index contributed by atoms with van der Waals surface area (Å²) in [5.74, 6) is -0.372. The highest BCUT2D eigenvalue weighted by molar-refractivity contribution is 5.75. The van der Waals surface area contributed by atoms with Gasteiger partial charge in [0, 0.05) is 0 Å². The Morgan fingerprint density at radius 3 is 2.53 bits per heavy atom. The zero-order valence-electron chi connectivity index (χ0n) is 9.01. The van der Waals surface area contributed by atoms with Gasteiger partial charge in [0.05, 0.1) is 12.0 Å². The molecule has 82 valence electrons. The van der Waals surface area contributed by atoms with Gasteiger partial charge in [0.15, 0.2) is 0 Å². The molecule has 2 atom stereocenters. The van der Waals surface area contributed by atoms with Crippen LogP contribution < -0.4 is 4.74 Å². The summed E-state index contributed by atoms with van der Waals surface area (Å²) < 4.78 is 5.10. The molecule has 0 saturated heterocycles. The molecule has 1 N–H and O–H groups in total. The number of hydrogen-bond donors (Lipinski definition) is 1. The average Bonchev–Trinajstić information content (AvgIpc) is 2.28. The molecule has 0 unspecified atom stereocenters. The van der Waals surface area contributed by atoms with Gasteiger partial charge in [-0.3, -0.25) is 4.79 Å². The van der Waals surface area contributed by atoms with Crippen molar-refractivity contribution >= 4 is 5.97 Å². The second kappa shape index (κ2) is 5.51. The third-order valence-corrected chi connectivity index (χ3v) is 2.33. The molecule has 0 aliphatic carbocycles. The van der Waals surface area contributed by atoms with Crippen molar-refractivity contribution in [2.45, 2.75) is 26.4 Å². The lowest BCUT2D eigenvalue weighted by Gasteiger charge is -2.15. The van der Waals surface area contributed by atoms with Gasteiger partial charge in [0.1, 0.15) is 5.75 Å². The van der Waals surface area contributed by atoms with Crippen LogP contribution in [-0.4, -0.2) is 17.2 Å². The first-order valence-corrected chi connectivity index (χ1v) is 5.10. The Morgan fingerprint density at radius 2 is 2.00 bits per heavy atom. The van der Waals surface area contributed by atoms with Gasteiger partial charge in [-0.05, 0) is 25.5 Å². The second-order valence-corrected chi connectivity index (χ2v) is 3.50. The second-order valence-electron chi connectivity index (χ2n) is 3.50. The average molecular weight is 208 g/mol. The summed E-state index contributed by atoms with van der Waals surface area (Å²) in [7, 11) is 0. The highest BCUT2D eigenvalue weighted by Gasteiger charge is 2.22. The smallest absolute Gasteiger partial charge is 0.316 e. The van der Waals surface area contributed by atoms with E-state index in [9.17, 15) is 9.90 Å². The molecule has 3 nitrogen and oxygen atoms in total. The minimum atomic E-state index is -0.638. The van der Waals surface area contributed by atoms with Crippen molar-refractivity contribution in [3.05, 3.63) is 30.3 Å². The maximum atomic E-state index is 11.5. The van der Waals surface area contributed by atoms with Crippen LogP contribution in [0.4, 0.5) is 0 Å². The minimum absolute atomic E-state index is 0.393. The molecule has 0 saturated carbocycles. The molecule has 0 aliphatic rings. The van der Waals surface area contributed by atoms with E-state index < -0.39 is 18.0 Å². The van der Waals surface area contributed by atoms with Crippen molar-refractivity contribution in [1.82, 2.24) is 0 Å². The Hall–Kier alpha value is -1.35. The topological polar surface area (TPSA) is 46.5 Å². The molecule has 0 heterocycles. The number of hydrogen-bond acceptors (Lipinski definition) is 3. The summed E-state index contributed by atoms with van der Waals surface area (Å²) in [6.07, 6.45) is -0.0911. The number of aliphatic hydroxyl groups is 1. The van der Waals surface area contributed by atoms with Gasteiger partial charge in [0.25, 0.3) is 0 Å². The first kappa shape index (κ1) is 11.7. The number of carbonyl (C=O) groups excluding carboxylic acids is 1. The number of carbonyl (C=O) groups is 1. The fourth-order valence-corrected chi connectivity index (χ4v) is 1.21. The maximum absolute atomic E-state index is 11.5. The number of esters is 1. The normalized spacial score (nSPS) is 14.3. The highest BCUT2D eigenvalue weighted by Crippen LogP contribution is 2.14. The van der Waals surface area contributed by atoms with E-state index in [0.29, 0.717) is 12.2 Å². The maximum Gasteiger partial charge on any atom is 0.316 e. The van der Waals surface area contributed by atoms with Crippen LogP contribution in [0.25, 0.3) is 0 Å². The molecular weight excluding hydrogens is 192 g/mol. The predicted octanol–water partition coefficient (Wildman–Crippen LogP) is 2.00. The third kappa shape index (κ3) is 3.36. The Kier molecular flexibility index (Phi) is 4.31. The quantitative estimate of drug-likeness (QED) is 0.608. The van der Waals surface area contributed by atoms with Crippen LogP contribution in [0.5, 0.6) is 5.75 Å². The van der Waals surface area contributed by atoms with Crippen LogP contribution in [0.2, 0.25) is 0 Å². The number of ether oxygens (including phenoxy) is 1. The van der Waals surface area contributed by atoms with Gasteiger partial charge in [-0.15, -0.1) is 0 Å². The largest absolute Gasteiger partial charge is 0.426 e. The van der Waals surface area contributed by atoms with Crippen molar-refractivity contribution in [3.8, 4) is 5.75 Å². The van der Waals surface area contributed by atoms with Gasteiger partial charge < -0.3 is 9.84 Å². The predicted molar refractivity (Wildman–Crippen MR) is 57.5 cm³/mol. The third-order valence-electron chi connectivity index (χ3n) is 2.33. The fraction of sp³-hybridized carbons (Fsp3) is 0.417. The van der Waals surface area contributed by atoms with Crippen molar-refractivity contribution in [2.24, 2.45) is 5.92 Å². The molecule has 0 aliphatic heterocycles. The van der Waals surface area contributed by atoms with Gasteiger partial charge in [-0.2, -0.15) is 0 Å². The van der Waals surface area contributed by atoms with E-state index in [-0.39, 0.29) is 0 Å². The van der Waals surface area contributed by atoms with Crippen molar-refractivity contribution in [2.75, 3.05) is 0 Å². The monoisotopic (exact) mass is 208 g/mol. The summed E-state index contributed by atoms with van der Waals surface area (Å²) in [5, 5.41) is 9.47. The van der Waals surface area contributed by atoms with Crippen LogP contribution in [0.1, 0.15) is 20.3 Å². The molecule has 15 heavy (non-hydrogen) atoms. The molecule has 0 fully saturated rings. The standard InChI is InChI=1S/C12H16O3/c1-3-11(13)9(2)12(14)15-10-7-5-4-6-8-10/h4-9,11,13H,3H2,1-2H3/t9-,11+/m1/s1. The number of benzene rings is 1. The van der Waals surface area contributed by atoms with Gasteiger partial charge in [-0.1, -0.05) is 25.1 Å². The first-order valence-electron chi connectivity index (χ1n) is 5.10. The molecule has 0 spiro atoms. The molecule has 1 rings (SSSR count). The summed E-state index contributed by atoms with van der Waals surface area (Å²) in [5.41, 5.74) is 0. The molecule has 0 aromatic heterocycles. The van der Waals surface area contributed by atoms with Crippen molar-refractivity contribution in [1.29, 1.82) is 0 Å². The lowest BCUT2D eigenvalue weighted by atomic mass is 10.0.